The smallest absolute Gasteiger partial charge is 0.155 e. The molecule has 771 valence electrons. The average molecular weight is 2830 g/mol. The van der Waals surface area contributed by atoms with Crippen LogP contribution in [0, 0.1) is 134 Å². The van der Waals surface area contributed by atoms with E-state index in [1.54, 1.807) is 0 Å². The summed E-state index contributed by atoms with van der Waals surface area (Å²) in [5.74, 6) is -0.312. The van der Waals surface area contributed by atoms with Gasteiger partial charge >= 0.3 is 0 Å². The van der Waals surface area contributed by atoms with Crippen molar-refractivity contribution >= 4 is 96.6 Å². The molecule has 0 saturated carbocycles. The molecule has 15 aromatic rings. The van der Waals surface area contributed by atoms with Crippen LogP contribution in [0.1, 0.15) is 182 Å². The summed E-state index contributed by atoms with van der Waals surface area (Å²) in [4.78, 5) is 73.9. The summed E-state index contributed by atoms with van der Waals surface area (Å²) in [5, 5.41) is 50.6. The summed E-state index contributed by atoms with van der Waals surface area (Å²) in [7, 11) is -1.28. The monoisotopic (exact) mass is 2830 g/mol. The van der Waals surface area contributed by atoms with Gasteiger partial charge < -0.3 is 30.5 Å². The number of aliphatic hydroxyl groups is 5. The Morgan fingerprint density at radius 1 is 0.287 bits per heavy atom. The summed E-state index contributed by atoms with van der Waals surface area (Å²) >= 11 is 0. The van der Waals surface area contributed by atoms with Crippen LogP contribution >= 0.6 is 0 Å². The second-order valence-electron chi connectivity index (χ2n) is 35.0. The van der Waals surface area contributed by atoms with E-state index in [4.69, 9.17) is 45.5 Å². The van der Waals surface area contributed by atoms with Crippen LogP contribution in [0.3, 0.4) is 0 Å². The standard InChI is InChI=1S/C20H22NSi.2C19H18N.C18H16N.C17H14N.5C5H8O2.4CH4.5Ir/c1-14-10-15(2)12-17(11-14)20-8-6-16-13-18(22(3,4)5)7-9-19(16)21-20;1-12-7-13(2)10-16(9-12)18-6-5-17-15(4)8-14(3)11-19(17)20-18;1-12-5-6-17-15(4)11-18(20-19(17)10-12)16-8-13(2)7-14(3)9-16;1-12-4-6-17-15(9-12)5-7-18(19-17)16-10-13(2)8-14(3)11-16;1-12-6-5-8-14(10-12)17-13(2)16-9-4-3-7-15(16)11-18-17;5*1-4(6)3-5(2)7;;;;;;;;;/h6-11,13H,1-5H3;5-9,11H,1-4H3;5-8,10-11H,1-4H3;4-10H,1-3H3;3-7,9-11H,1-2H3;5*3,6H,1-2H3;4*1H4;;;;;/q5*-1;;;;;;;;;;;;;;. The molecule has 143 heavy (non-hydrogen) atoms. The molecule has 15 nitrogen and oxygen atoms in total. The molecule has 21 heteroatoms. The molecule has 0 spiro atoms. The second-order valence-corrected chi connectivity index (χ2v) is 40.1. The van der Waals surface area contributed by atoms with Gasteiger partial charge in [0.15, 0.2) is 28.9 Å². The summed E-state index contributed by atoms with van der Waals surface area (Å²) in [6.45, 7) is 52.9. The van der Waals surface area contributed by atoms with Crippen molar-refractivity contribution in [3.05, 3.63) is 379 Å². The molecule has 0 aliphatic rings. The Hall–Kier alpha value is -11.2. The van der Waals surface area contributed by atoms with Crippen LogP contribution in [0.25, 0.3) is 111 Å². The summed E-state index contributed by atoms with van der Waals surface area (Å²) < 4.78 is 0. The summed E-state index contributed by atoms with van der Waals surface area (Å²) in [6, 6.07) is 87.3. The molecule has 0 fully saturated rings. The molecule has 5 radical (unpaired) electrons. The van der Waals surface area contributed by atoms with E-state index in [1.165, 1.54) is 198 Å². The SMILES string of the molecule is C.C.C.C.CC(=O)C=C(C)O.CC(=O)C=C(C)O.CC(=O)C=C(C)O.CC(=O)C=C(C)O.CC(=O)C=C(C)O.Cc1[c-]c(-c2cc(C)c3ccc(C)cc3n2)cc(C)c1.Cc1[c-]c(-c2ccc3c(C)cc(C)cc3n2)cc(C)c1.Cc1[c-]c(-c2ccc3cc(C)ccc3n2)cc(C)c1.Cc1[c-]c(-c2ccc3cc([Si](C)(C)C)ccc3n2)cc(C)c1.Cc1cc[c-]c(-c2ncc3ccccc3c2C)c1.[Ir].[Ir].[Ir].[Ir].[Ir]. The van der Waals surface area contributed by atoms with Crippen molar-refractivity contribution < 1.29 is 150 Å². The zero-order valence-corrected chi connectivity index (χ0v) is 97.7. The zero-order valence-electron chi connectivity index (χ0n) is 84.7. The number of carbonyl (C=O) groups is 5. The Morgan fingerprint density at radius 2 is 0.594 bits per heavy atom. The number of nitrogens with zero attached hydrogens (tertiary/aromatic N) is 5. The molecule has 5 N–H and O–H groups in total. The minimum Gasteiger partial charge on any atom is -0.512 e. The maximum absolute atomic E-state index is 10.0. The van der Waals surface area contributed by atoms with Gasteiger partial charge in [0.25, 0.3) is 0 Å². The van der Waals surface area contributed by atoms with Crippen LogP contribution in [0.2, 0.25) is 19.6 Å². The van der Waals surface area contributed by atoms with Gasteiger partial charge in [0.2, 0.25) is 0 Å². The first-order chi connectivity index (χ1) is 62.9. The van der Waals surface area contributed by atoms with Gasteiger partial charge in [-0.3, -0.25) is 43.9 Å². The maximum atomic E-state index is 10.0. The van der Waals surface area contributed by atoms with Crippen LogP contribution in [-0.2, 0) is 124 Å². The quantitative estimate of drug-likeness (QED) is 0.0349. The molecule has 0 aliphatic carbocycles. The Balaban J connectivity index is -0.000000769. The van der Waals surface area contributed by atoms with Crippen molar-refractivity contribution in [1.29, 1.82) is 0 Å². The molecule has 0 unspecified atom stereocenters. The number of aliphatic hydroxyl groups excluding tert-OH is 5. The van der Waals surface area contributed by atoms with Crippen LogP contribution in [0.5, 0.6) is 0 Å². The molecule has 0 aliphatic heterocycles. The number of ketones is 5. The van der Waals surface area contributed by atoms with Gasteiger partial charge in [-0.2, -0.15) is 0 Å². The van der Waals surface area contributed by atoms with Crippen molar-refractivity contribution in [3.63, 3.8) is 0 Å². The molecular weight excluding hydrogens is 2680 g/mol. The molecule has 15 rings (SSSR count). The topological polar surface area (TPSA) is 251 Å². The Kier molecular flexibility index (Phi) is 64.3. The number of aromatic nitrogens is 5. The first kappa shape index (κ1) is 138. The number of fused-ring (bicyclic) bond motifs is 5. The normalized spacial score (nSPS) is 10.5. The number of aryl methyl sites for hydroxylation is 15. The number of pyridine rings is 5. The molecule has 0 atom stereocenters. The van der Waals surface area contributed by atoms with E-state index >= 15 is 0 Å². The first-order valence-corrected chi connectivity index (χ1v) is 47.7. The van der Waals surface area contributed by atoms with Crippen molar-refractivity contribution in [1.82, 2.24) is 24.9 Å². The predicted molar refractivity (Wildman–Crippen MR) is 586 cm³/mol. The summed E-state index contributed by atoms with van der Waals surface area (Å²) in [5.41, 5.74) is 33.0. The van der Waals surface area contributed by atoms with E-state index < -0.39 is 8.07 Å². The van der Waals surface area contributed by atoms with Crippen LogP contribution in [0.4, 0.5) is 0 Å². The van der Waals surface area contributed by atoms with Crippen LogP contribution in [0.15, 0.2) is 266 Å². The molecular formula is C122H144Ir5N5O10Si-5. The van der Waals surface area contributed by atoms with Gasteiger partial charge in [0.1, 0.15) is 0 Å². The van der Waals surface area contributed by atoms with E-state index in [9.17, 15) is 24.0 Å². The van der Waals surface area contributed by atoms with Crippen LogP contribution < -0.4 is 5.19 Å². The minimum atomic E-state index is -1.28. The van der Waals surface area contributed by atoms with Gasteiger partial charge in [0.05, 0.1) is 58.9 Å². The molecule has 0 bridgehead atoms. The molecule has 0 amide bonds. The van der Waals surface area contributed by atoms with E-state index in [0.29, 0.717) is 0 Å². The molecule has 10 aromatic carbocycles. The fourth-order valence-corrected chi connectivity index (χ4v) is 15.6. The van der Waals surface area contributed by atoms with E-state index in [1.807, 2.05) is 18.3 Å². The third-order valence-electron chi connectivity index (χ3n) is 19.8. The van der Waals surface area contributed by atoms with Crippen LogP contribution in [-0.4, -0.2) is 87.4 Å². The fraction of sp³-hybridized carbons (Fsp3) is 0.262. The average Bonchev–Trinajstić information content (AvgIpc) is 0.767. The zero-order chi connectivity index (χ0) is 99.7. The van der Waals surface area contributed by atoms with Gasteiger partial charge in [0, 0.05) is 148 Å². The Bertz CT molecular complexity index is 6650. The molecule has 5 aromatic heterocycles. The third kappa shape index (κ3) is 48.8. The Labute approximate surface area is 921 Å². The Morgan fingerprint density at radius 3 is 0.965 bits per heavy atom. The van der Waals surface area contributed by atoms with E-state index in [-0.39, 0.29) is 188 Å². The minimum absolute atomic E-state index is 0. The maximum Gasteiger partial charge on any atom is 0.155 e. The van der Waals surface area contributed by atoms with Crippen molar-refractivity contribution in [3.8, 4) is 56.3 Å². The number of carbonyl (C=O) groups excluding carboxylic acids is 5. The van der Waals surface area contributed by atoms with Crippen molar-refractivity contribution in [2.75, 3.05) is 0 Å². The number of benzene rings is 10. The predicted octanol–water partition coefficient (Wildman–Crippen LogP) is 31.4. The van der Waals surface area contributed by atoms with E-state index in [0.717, 1.165) is 101 Å². The first-order valence-electron chi connectivity index (χ1n) is 44.2. The summed E-state index contributed by atoms with van der Waals surface area (Å²) in [6.07, 6.45) is 7.77. The second kappa shape index (κ2) is 66.6. The number of rotatable bonds is 11. The van der Waals surface area contributed by atoms with E-state index in [2.05, 4.69) is 347 Å². The van der Waals surface area contributed by atoms with Crippen molar-refractivity contribution in [2.24, 2.45) is 0 Å². The molecule has 0 saturated heterocycles. The number of hydrogen-bond acceptors (Lipinski definition) is 15. The van der Waals surface area contributed by atoms with Gasteiger partial charge in [-0.25, -0.2) is 0 Å². The van der Waals surface area contributed by atoms with Gasteiger partial charge in [-0.05, 0) is 213 Å². The van der Waals surface area contributed by atoms with Gasteiger partial charge in [-0.15, -0.1) is 175 Å². The third-order valence-corrected chi connectivity index (χ3v) is 21.8. The van der Waals surface area contributed by atoms with Gasteiger partial charge in [-0.1, -0.05) is 231 Å². The fourth-order valence-electron chi connectivity index (χ4n) is 14.4. The number of hydrogen-bond donors (Lipinski definition) is 5. The van der Waals surface area contributed by atoms with Crippen molar-refractivity contribution in [2.45, 2.75) is 222 Å². The molecule has 5 heterocycles. The number of allylic oxidation sites excluding steroid dienone is 10. The largest absolute Gasteiger partial charge is 0.512 e.